The molecular formula is C14H18O5S. The minimum atomic E-state index is -3.56. The number of rotatable bonds is 7. The fourth-order valence-electron chi connectivity index (χ4n) is 1.71. The quantitative estimate of drug-likeness (QED) is 0.775. The highest BCUT2D eigenvalue weighted by atomic mass is 32.2. The molecule has 0 aromatic heterocycles. The highest BCUT2D eigenvalue weighted by Crippen LogP contribution is 2.11. The second-order valence-corrected chi connectivity index (χ2v) is 7.00. The lowest BCUT2D eigenvalue weighted by atomic mass is 10.0. The molecule has 5 nitrogen and oxygen atoms in total. The maximum Gasteiger partial charge on any atom is 0.303 e. The molecule has 0 radical (unpaired) electrons. The van der Waals surface area contributed by atoms with E-state index in [0.29, 0.717) is 5.56 Å². The molecule has 0 fully saturated rings. The van der Waals surface area contributed by atoms with E-state index in [1.807, 2.05) is 13.8 Å². The van der Waals surface area contributed by atoms with Gasteiger partial charge in [-0.3, -0.25) is 9.59 Å². The molecule has 0 aliphatic carbocycles. The number of carbonyl (C=O) groups excluding carboxylic acids is 1. The number of aryl methyl sites for hydroxylation is 2. The van der Waals surface area contributed by atoms with E-state index in [0.717, 1.165) is 11.1 Å². The Balaban J connectivity index is 2.69. The van der Waals surface area contributed by atoms with E-state index in [1.54, 1.807) is 18.2 Å². The zero-order chi connectivity index (χ0) is 15.3. The molecule has 0 saturated carbocycles. The summed E-state index contributed by atoms with van der Waals surface area (Å²) in [7, 11) is -3.56. The maximum atomic E-state index is 11.9. The molecule has 6 heteroatoms. The van der Waals surface area contributed by atoms with E-state index >= 15 is 0 Å². The van der Waals surface area contributed by atoms with Crippen LogP contribution in [0.15, 0.2) is 18.2 Å². The van der Waals surface area contributed by atoms with Crippen molar-refractivity contribution in [2.45, 2.75) is 26.7 Å². The Morgan fingerprint density at radius 3 is 2.35 bits per heavy atom. The number of sulfone groups is 1. The molecule has 1 aromatic rings. The fourth-order valence-corrected chi connectivity index (χ4v) is 3.01. The van der Waals surface area contributed by atoms with Crippen molar-refractivity contribution in [3.8, 4) is 0 Å². The van der Waals surface area contributed by atoms with Crippen LogP contribution in [-0.4, -0.2) is 36.8 Å². The van der Waals surface area contributed by atoms with Crippen LogP contribution in [-0.2, 0) is 14.6 Å². The molecular weight excluding hydrogens is 280 g/mol. The van der Waals surface area contributed by atoms with Gasteiger partial charge in [0.25, 0.3) is 0 Å². The van der Waals surface area contributed by atoms with Gasteiger partial charge >= 0.3 is 5.97 Å². The van der Waals surface area contributed by atoms with Gasteiger partial charge < -0.3 is 5.11 Å². The van der Waals surface area contributed by atoms with Crippen molar-refractivity contribution >= 4 is 21.6 Å². The summed E-state index contributed by atoms with van der Waals surface area (Å²) in [5.41, 5.74) is 2.33. The number of carbonyl (C=O) groups is 2. The van der Waals surface area contributed by atoms with E-state index < -0.39 is 27.3 Å². The topological polar surface area (TPSA) is 88.5 Å². The van der Waals surface area contributed by atoms with E-state index in [2.05, 4.69) is 0 Å². The van der Waals surface area contributed by atoms with Gasteiger partial charge in [0, 0.05) is 12.0 Å². The summed E-state index contributed by atoms with van der Waals surface area (Å²) in [4.78, 5) is 22.3. The zero-order valence-electron chi connectivity index (χ0n) is 11.5. The van der Waals surface area contributed by atoms with Crippen LogP contribution in [0.3, 0.4) is 0 Å². The third kappa shape index (κ3) is 5.13. The van der Waals surface area contributed by atoms with Gasteiger partial charge in [-0.05, 0) is 37.5 Å². The van der Waals surface area contributed by atoms with Crippen LogP contribution in [0.5, 0.6) is 0 Å². The molecule has 0 bridgehead atoms. The van der Waals surface area contributed by atoms with E-state index in [1.165, 1.54) is 0 Å². The van der Waals surface area contributed by atoms with Gasteiger partial charge in [-0.2, -0.15) is 0 Å². The average molecular weight is 298 g/mol. The number of hydrogen-bond donors (Lipinski definition) is 1. The molecule has 1 N–H and O–H groups in total. The van der Waals surface area contributed by atoms with Gasteiger partial charge in [0.15, 0.2) is 15.6 Å². The van der Waals surface area contributed by atoms with Crippen molar-refractivity contribution < 1.29 is 23.1 Å². The molecule has 0 unspecified atom stereocenters. The first-order valence-corrected chi connectivity index (χ1v) is 8.06. The monoisotopic (exact) mass is 298 g/mol. The van der Waals surface area contributed by atoms with Gasteiger partial charge in [-0.1, -0.05) is 12.1 Å². The van der Waals surface area contributed by atoms with E-state index in [4.69, 9.17) is 5.11 Å². The van der Waals surface area contributed by atoms with Gasteiger partial charge in [0.2, 0.25) is 0 Å². The van der Waals surface area contributed by atoms with Crippen LogP contribution in [0.4, 0.5) is 0 Å². The van der Waals surface area contributed by atoms with Gasteiger partial charge in [-0.25, -0.2) is 8.42 Å². The Morgan fingerprint density at radius 1 is 1.15 bits per heavy atom. The molecule has 1 rings (SSSR count). The summed E-state index contributed by atoms with van der Waals surface area (Å²) in [5.74, 6) is -2.35. The van der Waals surface area contributed by atoms with Crippen LogP contribution in [0.2, 0.25) is 0 Å². The van der Waals surface area contributed by atoms with Crippen molar-refractivity contribution in [3.63, 3.8) is 0 Å². The van der Waals surface area contributed by atoms with Crippen molar-refractivity contribution in [3.05, 3.63) is 34.9 Å². The summed E-state index contributed by atoms with van der Waals surface area (Å²) >= 11 is 0. The summed E-state index contributed by atoms with van der Waals surface area (Å²) in [6, 6.07) is 5.06. The van der Waals surface area contributed by atoms with Crippen LogP contribution >= 0.6 is 0 Å². The number of carboxylic acids is 1. The largest absolute Gasteiger partial charge is 0.481 e. The van der Waals surface area contributed by atoms with Crippen LogP contribution in [0.25, 0.3) is 0 Å². The van der Waals surface area contributed by atoms with Gasteiger partial charge in [0.05, 0.1) is 5.75 Å². The fraction of sp³-hybridized carbons (Fsp3) is 0.429. The summed E-state index contributed by atoms with van der Waals surface area (Å²) in [5, 5.41) is 8.46. The molecule has 0 atom stereocenters. The summed E-state index contributed by atoms with van der Waals surface area (Å²) < 4.78 is 23.5. The molecule has 0 amide bonds. The first kappa shape index (κ1) is 16.4. The lowest BCUT2D eigenvalue weighted by molar-refractivity contribution is -0.137. The summed E-state index contributed by atoms with van der Waals surface area (Å²) in [6.45, 7) is 3.76. The Kier molecular flexibility index (Phi) is 5.44. The lowest BCUT2D eigenvalue weighted by Gasteiger charge is -2.05. The maximum absolute atomic E-state index is 11.9. The Morgan fingerprint density at radius 2 is 1.80 bits per heavy atom. The number of carboxylic acid groups (broad SMARTS) is 1. The zero-order valence-corrected chi connectivity index (χ0v) is 12.4. The third-order valence-corrected chi connectivity index (χ3v) is 4.64. The Bertz CT molecular complexity index is 616. The van der Waals surface area contributed by atoms with Crippen molar-refractivity contribution in [1.82, 2.24) is 0 Å². The van der Waals surface area contributed by atoms with Crippen LogP contribution < -0.4 is 0 Å². The van der Waals surface area contributed by atoms with Crippen LogP contribution in [0.1, 0.15) is 34.3 Å². The number of benzene rings is 1. The molecule has 0 aliphatic heterocycles. The molecule has 1 aromatic carbocycles. The number of Topliss-reactive ketones (excluding diaryl/α,β-unsaturated/α-hetero) is 1. The second kappa shape index (κ2) is 6.65. The first-order chi connectivity index (χ1) is 9.21. The standard InChI is InChI=1S/C14H18O5S/c1-10-5-6-12(8-11(10)2)13(15)9-20(18,19)7-3-4-14(16)17/h5-6,8H,3-4,7,9H2,1-2H3,(H,16,17). The number of aliphatic carboxylic acids is 1. The van der Waals surface area contributed by atoms with E-state index in [-0.39, 0.29) is 18.6 Å². The van der Waals surface area contributed by atoms with Crippen molar-refractivity contribution in [2.24, 2.45) is 0 Å². The minimum absolute atomic E-state index is 0.0257. The summed E-state index contributed by atoms with van der Waals surface area (Å²) in [6.07, 6.45) is -0.186. The number of ketones is 1. The third-order valence-electron chi connectivity index (χ3n) is 3.03. The normalized spacial score (nSPS) is 11.3. The molecule has 0 heterocycles. The molecule has 0 aliphatic rings. The SMILES string of the molecule is Cc1ccc(C(=O)CS(=O)(=O)CCCC(=O)O)cc1C. The highest BCUT2D eigenvalue weighted by Gasteiger charge is 2.18. The van der Waals surface area contributed by atoms with Crippen LogP contribution in [0, 0.1) is 13.8 Å². The lowest BCUT2D eigenvalue weighted by Crippen LogP contribution is -2.19. The Hall–Kier alpha value is -1.69. The van der Waals surface area contributed by atoms with E-state index in [9.17, 15) is 18.0 Å². The van der Waals surface area contributed by atoms with Gasteiger partial charge in [0.1, 0.15) is 5.75 Å². The molecule has 20 heavy (non-hydrogen) atoms. The van der Waals surface area contributed by atoms with Crippen molar-refractivity contribution in [1.29, 1.82) is 0 Å². The predicted octanol–water partition coefficient (Wildman–Crippen LogP) is 1.77. The number of hydrogen-bond acceptors (Lipinski definition) is 4. The molecule has 110 valence electrons. The second-order valence-electron chi connectivity index (χ2n) is 4.81. The molecule has 0 spiro atoms. The highest BCUT2D eigenvalue weighted by molar-refractivity contribution is 7.92. The van der Waals surface area contributed by atoms with Crippen molar-refractivity contribution in [2.75, 3.05) is 11.5 Å². The predicted molar refractivity (Wildman–Crippen MR) is 75.8 cm³/mol. The minimum Gasteiger partial charge on any atom is -0.481 e. The first-order valence-electron chi connectivity index (χ1n) is 6.24. The smallest absolute Gasteiger partial charge is 0.303 e. The molecule has 0 saturated heterocycles. The van der Waals surface area contributed by atoms with Gasteiger partial charge in [-0.15, -0.1) is 0 Å². The Labute approximate surface area is 118 Å². The average Bonchev–Trinajstić information content (AvgIpc) is 2.31.